The molecule has 7 nitrogen and oxygen atoms in total. The number of amides is 1. The molecule has 0 aliphatic carbocycles. The highest BCUT2D eigenvalue weighted by molar-refractivity contribution is 7.99. The number of rotatable bonds is 6. The third-order valence-corrected chi connectivity index (χ3v) is 6.03. The van der Waals surface area contributed by atoms with Crippen molar-refractivity contribution >= 4 is 40.6 Å². The zero-order valence-corrected chi connectivity index (χ0v) is 16.3. The summed E-state index contributed by atoms with van der Waals surface area (Å²) in [7, 11) is 0. The minimum Gasteiger partial charge on any atom is -0.375 e. The third kappa shape index (κ3) is 4.38. The van der Waals surface area contributed by atoms with Gasteiger partial charge in [-0.25, -0.2) is 0 Å². The molecule has 1 amide bonds. The molecular formula is C19H17ClN4O3S. The lowest BCUT2D eigenvalue weighted by Crippen LogP contribution is -2.47. The number of nitro benzene ring substituents is 1. The molecule has 0 bridgehead atoms. The van der Waals surface area contributed by atoms with Crippen molar-refractivity contribution in [3.8, 4) is 6.07 Å². The van der Waals surface area contributed by atoms with Crippen LogP contribution in [0.15, 0.2) is 42.5 Å². The van der Waals surface area contributed by atoms with Crippen molar-refractivity contribution in [3.05, 3.63) is 68.7 Å². The van der Waals surface area contributed by atoms with E-state index in [1.54, 1.807) is 23.9 Å². The smallest absolute Gasteiger partial charge is 0.293 e. The number of carbonyl (C=O) groups excluding carboxylic acids is 1. The molecule has 1 atom stereocenters. The van der Waals surface area contributed by atoms with Crippen LogP contribution in [0.25, 0.3) is 0 Å². The molecule has 2 N–H and O–H groups in total. The Labute approximate surface area is 171 Å². The Hall–Kier alpha value is -2.76. The number of anilines is 1. The van der Waals surface area contributed by atoms with Gasteiger partial charge in [0.1, 0.15) is 11.2 Å². The topological polar surface area (TPSA) is 108 Å². The predicted octanol–water partition coefficient (Wildman–Crippen LogP) is 3.99. The summed E-state index contributed by atoms with van der Waals surface area (Å²) in [6.07, 6.45) is 0.555. The molecule has 3 rings (SSSR count). The lowest BCUT2D eigenvalue weighted by molar-refractivity contribution is -0.384. The first-order valence-electron chi connectivity index (χ1n) is 8.51. The minimum absolute atomic E-state index is 0.140. The van der Waals surface area contributed by atoms with Crippen molar-refractivity contribution in [3.63, 3.8) is 0 Å². The van der Waals surface area contributed by atoms with Gasteiger partial charge in [0.2, 0.25) is 0 Å². The number of nitriles is 1. The maximum atomic E-state index is 12.5. The fourth-order valence-electron chi connectivity index (χ4n) is 2.87. The Kier molecular flexibility index (Phi) is 6.07. The van der Waals surface area contributed by atoms with Crippen LogP contribution in [0.2, 0.25) is 5.02 Å². The fourth-order valence-corrected chi connectivity index (χ4v) is 4.34. The number of halogens is 1. The van der Waals surface area contributed by atoms with Crippen LogP contribution in [0.3, 0.4) is 0 Å². The van der Waals surface area contributed by atoms with E-state index < -0.39 is 16.4 Å². The van der Waals surface area contributed by atoms with Crippen molar-refractivity contribution < 1.29 is 9.72 Å². The van der Waals surface area contributed by atoms with Crippen molar-refractivity contribution in [2.24, 2.45) is 0 Å². The molecule has 1 unspecified atom stereocenters. The average Bonchev–Trinajstić information content (AvgIpc) is 3.16. The highest BCUT2D eigenvalue weighted by Gasteiger charge is 2.36. The number of hydrogen-bond donors (Lipinski definition) is 2. The summed E-state index contributed by atoms with van der Waals surface area (Å²) in [5.41, 5.74) is 0.0910. The van der Waals surface area contributed by atoms with E-state index in [0.29, 0.717) is 23.7 Å². The van der Waals surface area contributed by atoms with Gasteiger partial charge in [0.05, 0.1) is 11.0 Å². The number of nitrogens with zero attached hydrogens (tertiary/aromatic N) is 2. The van der Waals surface area contributed by atoms with Gasteiger partial charge in [-0.1, -0.05) is 29.8 Å². The highest BCUT2D eigenvalue weighted by atomic mass is 35.5. The summed E-state index contributed by atoms with van der Waals surface area (Å²) in [4.78, 5) is 23.5. The molecule has 0 radical (unpaired) electrons. The normalized spacial score (nSPS) is 18.3. The maximum Gasteiger partial charge on any atom is 0.293 e. The second-order valence-electron chi connectivity index (χ2n) is 6.38. The number of hydrogen-bond acceptors (Lipinski definition) is 6. The molecule has 1 saturated heterocycles. The maximum absolute atomic E-state index is 12.5. The summed E-state index contributed by atoms with van der Waals surface area (Å²) in [5, 5.41) is 27.2. The fraction of sp³-hybridized carbons (Fsp3) is 0.263. The van der Waals surface area contributed by atoms with Gasteiger partial charge in [-0.3, -0.25) is 14.9 Å². The highest BCUT2D eigenvalue weighted by Crippen LogP contribution is 2.30. The van der Waals surface area contributed by atoms with E-state index in [2.05, 4.69) is 16.7 Å². The minimum atomic E-state index is -0.919. The first-order chi connectivity index (χ1) is 13.4. The van der Waals surface area contributed by atoms with E-state index in [1.165, 1.54) is 18.2 Å². The van der Waals surface area contributed by atoms with E-state index in [-0.39, 0.29) is 16.9 Å². The molecule has 0 spiro atoms. The van der Waals surface area contributed by atoms with Crippen molar-refractivity contribution in [1.29, 1.82) is 5.26 Å². The van der Waals surface area contributed by atoms with E-state index in [4.69, 9.17) is 11.6 Å². The molecule has 1 fully saturated rings. The van der Waals surface area contributed by atoms with E-state index in [0.717, 1.165) is 11.3 Å². The molecule has 2 aromatic carbocycles. The molecule has 1 aliphatic rings. The van der Waals surface area contributed by atoms with E-state index in [9.17, 15) is 20.2 Å². The van der Waals surface area contributed by atoms with Crippen molar-refractivity contribution in [2.45, 2.75) is 18.5 Å². The van der Waals surface area contributed by atoms with Crippen molar-refractivity contribution in [1.82, 2.24) is 5.32 Å². The number of benzene rings is 2. The molecule has 0 aromatic heterocycles. The zero-order chi connectivity index (χ0) is 20.1. The number of nitrogens with one attached hydrogen (secondary N) is 2. The molecule has 1 aliphatic heterocycles. The van der Waals surface area contributed by atoms with Gasteiger partial charge < -0.3 is 10.6 Å². The van der Waals surface area contributed by atoms with Crippen LogP contribution in [0.5, 0.6) is 0 Å². The van der Waals surface area contributed by atoms with Crippen LogP contribution < -0.4 is 10.6 Å². The van der Waals surface area contributed by atoms with Gasteiger partial charge in [0.15, 0.2) is 0 Å². The molecule has 2 aromatic rings. The summed E-state index contributed by atoms with van der Waals surface area (Å²) in [6.45, 7) is 0.306. The second kappa shape index (κ2) is 8.50. The van der Waals surface area contributed by atoms with Crippen LogP contribution in [0.4, 0.5) is 11.4 Å². The lowest BCUT2D eigenvalue weighted by atomic mass is 10.0. The largest absolute Gasteiger partial charge is 0.375 e. The van der Waals surface area contributed by atoms with E-state index in [1.807, 2.05) is 12.1 Å². The van der Waals surface area contributed by atoms with Crippen LogP contribution in [0, 0.1) is 21.4 Å². The Balaban J connectivity index is 1.79. The van der Waals surface area contributed by atoms with Gasteiger partial charge in [0, 0.05) is 29.0 Å². The summed E-state index contributed by atoms with van der Waals surface area (Å²) in [6, 6.07) is 13.6. The van der Waals surface area contributed by atoms with Gasteiger partial charge in [0.25, 0.3) is 11.6 Å². The molecule has 28 heavy (non-hydrogen) atoms. The van der Waals surface area contributed by atoms with Gasteiger partial charge >= 0.3 is 0 Å². The summed E-state index contributed by atoms with van der Waals surface area (Å²) < 4.78 is 0. The first kappa shape index (κ1) is 20.0. The Bertz CT molecular complexity index is 954. The molecule has 144 valence electrons. The SMILES string of the molecule is N#CC1(NC(=O)c2ccc(NCc3ccccc3Cl)c([N+](=O)[O-])c2)CCSC1. The summed E-state index contributed by atoms with van der Waals surface area (Å²) >= 11 is 7.71. The Morgan fingerprint density at radius 3 is 2.79 bits per heavy atom. The Morgan fingerprint density at radius 2 is 2.14 bits per heavy atom. The van der Waals surface area contributed by atoms with Crippen LogP contribution in [-0.4, -0.2) is 27.9 Å². The average molecular weight is 417 g/mol. The third-order valence-electron chi connectivity index (χ3n) is 4.47. The van der Waals surface area contributed by atoms with Gasteiger partial charge in [-0.2, -0.15) is 17.0 Å². The molecule has 9 heteroatoms. The van der Waals surface area contributed by atoms with Gasteiger partial charge in [-0.15, -0.1) is 0 Å². The number of nitro groups is 1. The second-order valence-corrected chi connectivity index (χ2v) is 7.90. The van der Waals surface area contributed by atoms with Crippen LogP contribution >= 0.6 is 23.4 Å². The van der Waals surface area contributed by atoms with Gasteiger partial charge in [-0.05, 0) is 35.9 Å². The zero-order valence-electron chi connectivity index (χ0n) is 14.8. The number of thioether (sulfide) groups is 1. The monoisotopic (exact) mass is 416 g/mol. The Morgan fingerprint density at radius 1 is 1.36 bits per heavy atom. The van der Waals surface area contributed by atoms with E-state index >= 15 is 0 Å². The van der Waals surface area contributed by atoms with Crippen molar-refractivity contribution in [2.75, 3.05) is 16.8 Å². The lowest BCUT2D eigenvalue weighted by Gasteiger charge is -2.21. The number of carbonyl (C=O) groups is 1. The van der Waals surface area contributed by atoms with Crippen LogP contribution in [0.1, 0.15) is 22.3 Å². The quantitative estimate of drug-likeness (QED) is 0.544. The standard InChI is InChI=1S/C19H17ClN4O3S/c20-15-4-2-1-3-14(15)10-22-16-6-5-13(9-17(16)24(26)27)18(25)23-19(11-21)7-8-28-12-19/h1-6,9,22H,7-8,10,12H2,(H,23,25). The summed E-state index contributed by atoms with van der Waals surface area (Å²) in [5.74, 6) is 0.804. The molecule has 0 saturated carbocycles. The molecular weight excluding hydrogens is 400 g/mol. The predicted molar refractivity (Wildman–Crippen MR) is 110 cm³/mol. The first-order valence-corrected chi connectivity index (χ1v) is 10.0. The molecule has 1 heterocycles. The van der Waals surface area contributed by atoms with Crippen LogP contribution in [-0.2, 0) is 6.54 Å².